The third-order valence-electron chi connectivity index (χ3n) is 4.90. The standard InChI is InChI=1S/C15H27NO/c1-11(2)14(17)13-10-15(6-5-7-15)8-9-16(13)12(3)4/h11-13H,5-10H2,1-4H3/t13-/m0/s1. The van der Waals surface area contributed by atoms with Gasteiger partial charge in [-0.3, -0.25) is 9.69 Å². The first kappa shape index (κ1) is 13.1. The largest absolute Gasteiger partial charge is 0.298 e. The topological polar surface area (TPSA) is 20.3 Å². The lowest BCUT2D eigenvalue weighted by Gasteiger charge is -2.52. The second-order valence-corrected chi connectivity index (χ2v) is 6.71. The molecule has 2 rings (SSSR count). The quantitative estimate of drug-likeness (QED) is 0.751. The molecule has 0 N–H and O–H groups in total. The molecule has 2 aliphatic rings. The fraction of sp³-hybridized carbons (Fsp3) is 0.933. The molecule has 0 bridgehead atoms. The SMILES string of the molecule is CC(C)C(=O)[C@@H]1CC2(CCC2)CCN1C(C)C. The van der Waals surface area contributed by atoms with Crippen LogP contribution in [-0.2, 0) is 4.79 Å². The smallest absolute Gasteiger partial charge is 0.152 e. The van der Waals surface area contributed by atoms with Crippen LogP contribution in [0.3, 0.4) is 0 Å². The fourth-order valence-corrected chi connectivity index (χ4v) is 3.55. The average Bonchev–Trinajstić information content (AvgIpc) is 2.24. The second kappa shape index (κ2) is 4.72. The molecule has 0 unspecified atom stereocenters. The Kier molecular flexibility index (Phi) is 3.63. The van der Waals surface area contributed by atoms with Gasteiger partial charge in [-0.1, -0.05) is 20.3 Å². The molecule has 2 heteroatoms. The Labute approximate surface area is 106 Å². The molecule has 2 fully saturated rings. The van der Waals surface area contributed by atoms with Crippen LogP contribution in [0.15, 0.2) is 0 Å². The van der Waals surface area contributed by atoms with Crippen LogP contribution in [0, 0.1) is 11.3 Å². The molecule has 2 nitrogen and oxygen atoms in total. The van der Waals surface area contributed by atoms with Crippen molar-refractivity contribution in [1.82, 2.24) is 4.90 Å². The first-order valence-electron chi connectivity index (χ1n) is 7.25. The molecule has 0 aromatic heterocycles. The molecule has 1 spiro atoms. The van der Waals surface area contributed by atoms with E-state index < -0.39 is 0 Å². The summed E-state index contributed by atoms with van der Waals surface area (Å²) in [5.41, 5.74) is 0.542. The number of ketones is 1. The molecule has 0 aromatic rings. The molecule has 98 valence electrons. The first-order valence-corrected chi connectivity index (χ1v) is 7.25. The van der Waals surface area contributed by atoms with Gasteiger partial charge in [0.25, 0.3) is 0 Å². The maximum Gasteiger partial charge on any atom is 0.152 e. The number of nitrogens with zero attached hydrogens (tertiary/aromatic N) is 1. The van der Waals surface area contributed by atoms with Gasteiger partial charge in [-0.25, -0.2) is 0 Å². The number of Topliss-reactive ketones (excluding diaryl/α,β-unsaturated/α-hetero) is 1. The van der Waals surface area contributed by atoms with E-state index in [9.17, 15) is 4.79 Å². The summed E-state index contributed by atoms with van der Waals surface area (Å²) in [5.74, 6) is 0.640. The molecule has 1 aliphatic heterocycles. The number of rotatable bonds is 3. The van der Waals surface area contributed by atoms with Crippen molar-refractivity contribution < 1.29 is 4.79 Å². The van der Waals surface area contributed by atoms with Crippen LogP contribution in [0.1, 0.15) is 59.8 Å². The highest BCUT2D eigenvalue weighted by Gasteiger charge is 2.46. The molecule has 17 heavy (non-hydrogen) atoms. The molecule has 0 aromatic carbocycles. The monoisotopic (exact) mass is 237 g/mol. The predicted octanol–water partition coefficient (Wildman–Crippen LogP) is 3.25. The van der Waals surface area contributed by atoms with Crippen molar-refractivity contribution in [2.75, 3.05) is 6.54 Å². The molecule has 1 heterocycles. The van der Waals surface area contributed by atoms with E-state index in [1.807, 2.05) is 13.8 Å². The third-order valence-corrected chi connectivity index (χ3v) is 4.90. The van der Waals surface area contributed by atoms with Crippen LogP contribution in [0.25, 0.3) is 0 Å². The lowest BCUT2D eigenvalue weighted by molar-refractivity contribution is -0.134. The van der Waals surface area contributed by atoms with Crippen LogP contribution < -0.4 is 0 Å². The summed E-state index contributed by atoms with van der Waals surface area (Å²) in [6.07, 6.45) is 6.54. The Morgan fingerprint density at radius 3 is 2.24 bits per heavy atom. The molecule has 0 radical (unpaired) electrons. The van der Waals surface area contributed by atoms with E-state index in [0.717, 1.165) is 13.0 Å². The van der Waals surface area contributed by atoms with E-state index in [1.54, 1.807) is 0 Å². The highest BCUT2D eigenvalue weighted by Crippen LogP contribution is 2.51. The zero-order chi connectivity index (χ0) is 12.6. The average molecular weight is 237 g/mol. The van der Waals surface area contributed by atoms with Gasteiger partial charge in [-0.15, -0.1) is 0 Å². The van der Waals surface area contributed by atoms with E-state index in [2.05, 4.69) is 18.7 Å². The first-order chi connectivity index (χ1) is 7.95. The fourth-order valence-electron chi connectivity index (χ4n) is 3.55. The summed E-state index contributed by atoms with van der Waals surface area (Å²) in [5, 5.41) is 0. The molecule has 0 amide bonds. The van der Waals surface area contributed by atoms with Crippen LogP contribution in [-0.4, -0.2) is 29.3 Å². The summed E-state index contributed by atoms with van der Waals surface area (Å²) in [6, 6.07) is 0.698. The molecule has 1 saturated heterocycles. The number of hydrogen-bond donors (Lipinski definition) is 0. The van der Waals surface area contributed by atoms with Gasteiger partial charge in [0.15, 0.2) is 5.78 Å². The number of piperidine rings is 1. The summed E-state index contributed by atoms with van der Waals surface area (Å²) in [7, 11) is 0. The summed E-state index contributed by atoms with van der Waals surface area (Å²) >= 11 is 0. The lowest BCUT2D eigenvalue weighted by atomic mass is 9.60. The van der Waals surface area contributed by atoms with Gasteiger partial charge in [-0.2, -0.15) is 0 Å². The highest BCUT2D eigenvalue weighted by atomic mass is 16.1. The van der Waals surface area contributed by atoms with E-state index in [0.29, 0.717) is 17.2 Å². The predicted molar refractivity (Wildman–Crippen MR) is 71.0 cm³/mol. The number of hydrogen-bond acceptors (Lipinski definition) is 2. The zero-order valence-corrected chi connectivity index (χ0v) is 11.8. The highest BCUT2D eigenvalue weighted by molar-refractivity contribution is 5.86. The van der Waals surface area contributed by atoms with Crippen LogP contribution in [0.2, 0.25) is 0 Å². The molecule has 1 aliphatic carbocycles. The van der Waals surface area contributed by atoms with Gasteiger partial charge in [-0.05, 0) is 51.5 Å². The van der Waals surface area contributed by atoms with E-state index >= 15 is 0 Å². The van der Waals surface area contributed by atoms with Crippen molar-refractivity contribution >= 4 is 5.78 Å². The maximum atomic E-state index is 12.4. The Morgan fingerprint density at radius 1 is 1.18 bits per heavy atom. The van der Waals surface area contributed by atoms with Crippen molar-refractivity contribution in [2.24, 2.45) is 11.3 Å². The van der Waals surface area contributed by atoms with Gasteiger partial charge in [0.05, 0.1) is 6.04 Å². The normalized spacial score (nSPS) is 28.7. The van der Waals surface area contributed by atoms with Crippen LogP contribution in [0.4, 0.5) is 0 Å². The Balaban J connectivity index is 2.12. The summed E-state index contributed by atoms with van der Waals surface area (Å²) < 4.78 is 0. The Hall–Kier alpha value is -0.370. The van der Waals surface area contributed by atoms with Gasteiger partial charge in [0, 0.05) is 12.0 Å². The molecular weight excluding hydrogens is 210 g/mol. The van der Waals surface area contributed by atoms with Crippen molar-refractivity contribution in [3.63, 3.8) is 0 Å². The van der Waals surface area contributed by atoms with Crippen LogP contribution in [0.5, 0.6) is 0 Å². The minimum absolute atomic E-state index is 0.177. The third kappa shape index (κ3) is 2.42. The van der Waals surface area contributed by atoms with Gasteiger partial charge in [0.2, 0.25) is 0 Å². The Bertz CT molecular complexity index is 291. The zero-order valence-electron chi connectivity index (χ0n) is 11.8. The van der Waals surface area contributed by atoms with Crippen molar-refractivity contribution in [2.45, 2.75) is 71.9 Å². The van der Waals surface area contributed by atoms with Gasteiger partial charge < -0.3 is 0 Å². The summed E-state index contributed by atoms with van der Waals surface area (Å²) in [4.78, 5) is 14.8. The van der Waals surface area contributed by atoms with E-state index in [1.165, 1.54) is 25.7 Å². The van der Waals surface area contributed by atoms with Gasteiger partial charge in [0.1, 0.15) is 0 Å². The van der Waals surface area contributed by atoms with E-state index in [4.69, 9.17) is 0 Å². The van der Waals surface area contributed by atoms with Crippen molar-refractivity contribution in [1.29, 1.82) is 0 Å². The lowest BCUT2D eigenvalue weighted by Crippen LogP contribution is -2.55. The molecular formula is C15H27NO. The Morgan fingerprint density at radius 2 is 1.82 bits per heavy atom. The van der Waals surface area contributed by atoms with E-state index in [-0.39, 0.29) is 12.0 Å². The number of carbonyl (C=O) groups is 1. The molecule has 1 saturated carbocycles. The van der Waals surface area contributed by atoms with Crippen molar-refractivity contribution in [3.05, 3.63) is 0 Å². The number of likely N-dealkylation sites (tertiary alicyclic amines) is 1. The minimum Gasteiger partial charge on any atom is -0.298 e. The minimum atomic E-state index is 0.177. The second-order valence-electron chi connectivity index (χ2n) is 6.71. The maximum absolute atomic E-state index is 12.4. The number of carbonyl (C=O) groups excluding carboxylic acids is 1. The van der Waals surface area contributed by atoms with Gasteiger partial charge >= 0.3 is 0 Å². The van der Waals surface area contributed by atoms with Crippen molar-refractivity contribution in [3.8, 4) is 0 Å². The molecule has 1 atom stereocenters. The van der Waals surface area contributed by atoms with Crippen LogP contribution >= 0.6 is 0 Å². The summed E-state index contributed by atoms with van der Waals surface area (Å²) in [6.45, 7) is 9.66.